The first kappa shape index (κ1) is 87.8. The van der Waals surface area contributed by atoms with Crippen molar-refractivity contribution in [2.24, 2.45) is 10.8 Å². The molecule has 6 N–H and O–H groups in total. The Balaban J connectivity index is 0.616. The van der Waals surface area contributed by atoms with Gasteiger partial charge in [-0.3, -0.25) is 39.2 Å². The van der Waals surface area contributed by atoms with Gasteiger partial charge in [0, 0.05) is 151 Å². The number of aryl methyl sites for hydroxylation is 1. The van der Waals surface area contributed by atoms with Crippen molar-refractivity contribution in [2.45, 2.75) is 156 Å². The molecule has 23 nitrogen and oxygen atoms in total. The number of aliphatic hydroxyl groups excluding tert-OH is 2. The Morgan fingerprint density at radius 1 is 0.816 bits per heavy atom. The predicted molar refractivity (Wildman–Crippen MR) is 443 cm³/mol. The summed E-state index contributed by atoms with van der Waals surface area (Å²) in [5.41, 5.74) is 2.51. The van der Waals surface area contributed by atoms with Crippen LogP contribution < -0.4 is 25.6 Å². The number of aliphatic hydroxyl groups is 2. The first-order valence-electron chi connectivity index (χ1n) is 39.4. The van der Waals surface area contributed by atoms with E-state index in [4.69, 9.17) is 16.3 Å². The predicted octanol–water partition coefficient (Wildman–Crippen LogP) is 11.0. The highest BCUT2D eigenvalue weighted by atomic mass is 35.5. The average molecular weight is 1670 g/mol. The van der Waals surface area contributed by atoms with Crippen LogP contribution in [0.4, 0.5) is 24.5 Å². The molecule has 5 aromatic carbocycles. The van der Waals surface area contributed by atoms with Gasteiger partial charge in [0.1, 0.15) is 17.2 Å². The van der Waals surface area contributed by atoms with Gasteiger partial charge in [-0.1, -0.05) is 99.5 Å². The van der Waals surface area contributed by atoms with Gasteiger partial charge in [-0.25, -0.2) is 26.5 Å². The van der Waals surface area contributed by atoms with Crippen LogP contribution in [0.5, 0.6) is 0 Å². The summed E-state index contributed by atoms with van der Waals surface area (Å²) < 4.78 is 105. The van der Waals surface area contributed by atoms with Crippen LogP contribution in [0.15, 0.2) is 147 Å². The van der Waals surface area contributed by atoms with E-state index in [1.165, 1.54) is 39.9 Å². The number of morpholine rings is 1. The van der Waals surface area contributed by atoms with Gasteiger partial charge in [0.25, 0.3) is 25.8 Å². The number of ether oxygens (including phenoxy) is 1. The minimum absolute atomic E-state index is 0.00301. The molecule has 2 unspecified atom stereocenters. The zero-order valence-corrected chi connectivity index (χ0v) is 70.2. The van der Waals surface area contributed by atoms with Gasteiger partial charge in [0.05, 0.1) is 58.1 Å². The number of thioether (sulfide) groups is 1. The number of amides is 4. The highest BCUT2D eigenvalue weighted by Crippen LogP contribution is 2.45. The molecular weight excluding hydrogens is 1560 g/mol. The minimum atomic E-state index is -6.11. The standard InChI is InChI=1S/C83H110ClF3N12O11S4/c1-57(59-17-19-61(20-18-59)76-58(2)88-56-112-76)89-79(104)72-49-67(100)53-99(72)80(105)77(81(3,4)5)91-74(101)15-11-12-16-75(102)98-43-37-95(38-44-98)36-35-93(7)55-82(6)33-31-70(60-21-25-64(84)26-22-60)63(51-82)52-96-39-41-97(42-40-96)66-27-23-62(24-28-66)78(103)92-114(108,109)69-29-30-71(73(50-69)113(106,107)83(85,86)87)90-65(32-34-94-45-47-110-48-46-94)54-111-68-13-9-8-10-14-68/h8-10,13-14,17-30,50,56-57,65,67,72,74,77,90-91,100-101H,11-12,15-16,31-49,51-55H2,1-7H3,(H,89,104)(H,92,103)/t57-,65+,67+,72-,74?,77+,82?/m0/s1. The van der Waals surface area contributed by atoms with Gasteiger partial charge in [0.2, 0.25) is 17.7 Å². The van der Waals surface area contributed by atoms with Crippen LogP contribution >= 0.6 is 34.7 Å². The first-order valence-corrected chi connectivity index (χ1v) is 44.6. The number of β-amino-alcohol motifs (C(OH)–C–C–N with tert-alkyl or cyclic N) is 1. The molecule has 7 atom stereocenters. The van der Waals surface area contributed by atoms with Gasteiger partial charge in [0.15, 0.2) is 0 Å². The molecule has 0 saturated carbocycles. The summed E-state index contributed by atoms with van der Waals surface area (Å²) in [6, 6.07) is 31.5. The minimum Gasteiger partial charge on any atom is -0.391 e. The van der Waals surface area contributed by atoms with Crippen LogP contribution in [0.25, 0.3) is 16.0 Å². The van der Waals surface area contributed by atoms with Crippen LogP contribution in [-0.2, 0) is 39.0 Å². The maximum absolute atomic E-state index is 14.4. The highest BCUT2D eigenvalue weighted by Gasteiger charge is 2.49. The van der Waals surface area contributed by atoms with E-state index in [1.54, 1.807) is 23.5 Å². The number of unbranched alkanes of at least 4 members (excludes halogenated alkanes) is 1. The number of nitrogens with zero attached hydrogens (tertiary/aromatic N) is 8. The Hall–Kier alpha value is -7.04. The molecule has 4 fully saturated rings. The lowest BCUT2D eigenvalue weighted by atomic mass is 9.71. The number of thiazole rings is 1. The summed E-state index contributed by atoms with van der Waals surface area (Å²) in [5, 5.41) is 32.0. The topological polar surface area (TPSA) is 270 Å². The molecule has 1 aliphatic carbocycles. The van der Waals surface area contributed by atoms with Crippen molar-refractivity contribution in [3.63, 3.8) is 0 Å². The number of hydrogen-bond acceptors (Lipinski definition) is 21. The van der Waals surface area contributed by atoms with Crippen LogP contribution in [0.1, 0.15) is 126 Å². The van der Waals surface area contributed by atoms with E-state index in [0.29, 0.717) is 108 Å². The number of allylic oxidation sites excluding steroid dienone is 1. The van der Waals surface area contributed by atoms with Crippen molar-refractivity contribution in [1.82, 2.24) is 49.7 Å². The number of aromatic nitrogens is 1. The van der Waals surface area contributed by atoms with Gasteiger partial charge in [-0.15, -0.1) is 23.1 Å². The van der Waals surface area contributed by atoms with Crippen molar-refractivity contribution in [1.29, 1.82) is 0 Å². The molecule has 11 rings (SSSR count). The fourth-order valence-electron chi connectivity index (χ4n) is 15.9. The summed E-state index contributed by atoms with van der Waals surface area (Å²) in [4.78, 5) is 74.7. The number of anilines is 2. The summed E-state index contributed by atoms with van der Waals surface area (Å²) in [7, 11) is -8.83. The average Bonchev–Trinajstić information content (AvgIpc) is 0.928. The fraction of sp³-hybridized carbons (Fsp3) is 0.530. The smallest absolute Gasteiger partial charge is 0.391 e. The van der Waals surface area contributed by atoms with E-state index in [0.717, 1.165) is 122 Å². The maximum Gasteiger partial charge on any atom is 0.501 e. The molecule has 0 radical (unpaired) electrons. The second kappa shape index (κ2) is 39.0. The van der Waals surface area contributed by atoms with Crippen LogP contribution in [-0.4, -0.2) is 252 Å². The Kier molecular flexibility index (Phi) is 30.0. The molecule has 4 amide bonds. The third kappa shape index (κ3) is 23.4. The third-order valence-electron chi connectivity index (χ3n) is 22.5. The van der Waals surface area contributed by atoms with E-state index in [9.17, 15) is 59.4 Å². The van der Waals surface area contributed by atoms with Crippen molar-refractivity contribution in [2.75, 3.05) is 141 Å². The number of carbonyl (C=O) groups is 4. The van der Waals surface area contributed by atoms with E-state index < -0.39 is 82.6 Å². The van der Waals surface area contributed by atoms with Crippen molar-refractivity contribution < 1.29 is 64.1 Å². The number of carbonyl (C=O) groups excluding carboxylic acids is 4. The number of sulfonamides is 1. The summed E-state index contributed by atoms with van der Waals surface area (Å²) in [6.45, 7) is 23.9. The molecule has 5 aliphatic rings. The van der Waals surface area contributed by atoms with Gasteiger partial charge >= 0.3 is 5.51 Å². The second-order valence-electron chi connectivity index (χ2n) is 32.3. The molecule has 4 aliphatic heterocycles. The summed E-state index contributed by atoms with van der Waals surface area (Å²) in [6.07, 6.45) is 3.19. The molecule has 6 aromatic rings. The highest BCUT2D eigenvalue weighted by molar-refractivity contribution is 7.99. The normalized spacial score (nSPS) is 20.4. The molecule has 31 heteroatoms. The van der Waals surface area contributed by atoms with Crippen molar-refractivity contribution in [3.8, 4) is 10.4 Å². The Morgan fingerprint density at radius 3 is 2.14 bits per heavy atom. The van der Waals surface area contributed by atoms with Gasteiger partial charge in [-0.2, -0.15) is 13.2 Å². The third-order valence-corrected chi connectivity index (χ3v) is 27.7. The Labute approximate surface area is 682 Å². The van der Waals surface area contributed by atoms with Crippen LogP contribution in [0.3, 0.4) is 0 Å². The van der Waals surface area contributed by atoms with E-state index in [2.05, 4.69) is 71.5 Å². The molecular formula is C83H110ClF3N12O11S4. The summed E-state index contributed by atoms with van der Waals surface area (Å²) in [5.74, 6) is -1.36. The summed E-state index contributed by atoms with van der Waals surface area (Å²) >= 11 is 9.42. The van der Waals surface area contributed by atoms with Crippen molar-refractivity contribution >= 4 is 95.1 Å². The van der Waals surface area contributed by atoms with E-state index in [1.807, 2.05) is 116 Å². The number of piperazine rings is 2. The lowest BCUT2D eigenvalue weighted by molar-refractivity contribution is -0.143. The van der Waals surface area contributed by atoms with E-state index in [-0.39, 0.29) is 47.7 Å². The molecule has 620 valence electrons. The first-order chi connectivity index (χ1) is 54.2. The lowest BCUT2D eigenvalue weighted by Gasteiger charge is -2.42. The SMILES string of the molecule is Cc1ncsc1-c1ccc([C@H](C)NC(=O)[C@@H]2C[C@@H](O)CN2C(=O)[C@@H](NC(O)CCCCC(=O)N2CCN(CCN(C)CC3(C)CCC(c4ccc(Cl)cc4)=C(CN4CCN(c5ccc(C(=O)NS(=O)(=O)c6ccc(N[C@H](CCN7CCOCC7)CSc7ccccc7)c(S(=O)(=O)C(F)(F)F)c6)cc5)CC4)C3)CC2)C(C)(C)C)cc1. The van der Waals surface area contributed by atoms with Gasteiger partial charge < -0.3 is 45.2 Å². The zero-order chi connectivity index (χ0) is 81.7. The van der Waals surface area contributed by atoms with E-state index >= 15 is 0 Å². The van der Waals surface area contributed by atoms with Crippen molar-refractivity contribution in [3.05, 3.63) is 160 Å². The molecule has 4 saturated heterocycles. The number of rotatable bonds is 33. The monoisotopic (exact) mass is 1670 g/mol. The molecule has 0 bridgehead atoms. The fourth-order valence-corrected chi connectivity index (χ4v) is 19.9. The number of hydrogen-bond donors (Lipinski definition) is 6. The largest absolute Gasteiger partial charge is 0.501 e. The number of halogens is 4. The lowest BCUT2D eigenvalue weighted by Crippen LogP contribution is -2.58. The molecule has 1 aromatic heterocycles. The Bertz CT molecular complexity index is 4510. The van der Waals surface area contributed by atoms with Gasteiger partial charge in [-0.05, 0) is 166 Å². The number of likely N-dealkylation sites (tertiary alicyclic amines) is 1. The van der Waals surface area contributed by atoms with Crippen LogP contribution in [0.2, 0.25) is 5.02 Å². The number of sulfone groups is 1. The number of likely N-dealkylation sites (N-methyl/N-ethyl adjacent to an activating group) is 1. The quantitative estimate of drug-likeness (QED) is 0.0127. The Morgan fingerprint density at radius 2 is 1.48 bits per heavy atom. The zero-order valence-electron chi connectivity index (χ0n) is 66.2. The number of nitrogens with one attached hydrogen (secondary N) is 4. The number of benzene rings is 5. The molecule has 5 heterocycles. The second-order valence-corrected chi connectivity index (χ2v) is 38.3. The molecule has 114 heavy (non-hydrogen) atoms. The maximum atomic E-state index is 14.4. The molecule has 0 spiro atoms. The van der Waals surface area contributed by atoms with Crippen LogP contribution in [0, 0.1) is 17.8 Å². The number of alkyl halides is 3.